The summed E-state index contributed by atoms with van der Waals surface area (Å²) >= 11 is 0. The maximum atomic E-state index is 4.69. The molecule has 0 aliphatic heterocycles. The summed E-state index contributed by atoms with van der Waals surface area (Å²) in [6.07, 6.45) is 3.83. The van der Waals surface area contributed by atoms with E-state index < -0.39 is 0 Å². The van der Waals surface area contributed by atoms with Gasteiger partial charge in [0, 0.05) is 52.0 Å². The molecule has 0 aliphatic rings. The third-order valence-electron chi connectivity index (χ3n) is 6.25. The Kier molecular flexibility index (Phi) is 7.65. The number of nitrogens with zero attached hydrogens (tertiary/aromatic N) is 4. The maximum absolute atomic E-state index is 4.69. The molecule has 0 amide bonds. The van der Waals surface area contributed by atoms with Crippen LogP contribution in [0, 0.1) is 13.8 Å². The molecule has 0 atom stereocenters. The molecule has 0 saturated heterocycles. The molecule has 0 radical (unpaired) electrons. The molecule has 0 fully saturated rings. The molecule has 0 aromatic heterocycles. The molecule has 0 saturated carbocycles. The Bertz CT molecular complexity index is 1270. The summed E-state index contributed by atoms with van der Waals surface area (Å²) in [5, 5.41) is 0. The Morgan fingerprint density at radius 2 is 0.861 bits per heavy atom. The number of benzene rings is 4. The van der Waals surface area contributed by atoms with Gasteiger partial charge in [-0.15, -0.1) is 0 Å². The molecule has 4 aromatic rings. The van der Waals surface area contributed by atoms with E-state index in [-0.39, 0.29) is 0 Å². The second-order valence-corrected chi connectivity index (χ2v) is 9.49. The summed E-state index contributed by atoms with van der Waals surface area (Å²) in [6, 6.07) is 29.5. The van der Waals surface area contributed by atoms with E-state index in [4.69, 9.17) is 9.98 Å². The Morgan fingerprint density at radius 1 is 0.500 bits per heavy atom. The molecule has 0 N–H and O–H groups in total. The summed E-state index contributed by atoms with van der Waals surface area (Å²) < 4.78 is 0. The number of rotatable bonds is 7. The first kappa shape index (κ1) is 24.9. The molecule has 4 nitrogen and oxygen atoms in total. The van der Waals surface area contributed by atoms with Gasteiger partial charge < -0.3 is 9.80 Å². The summed E-state index contributed by atoms with van der Waals surface area (Å²) in [7, 11) is 8.17. The molecule has 36 heavy (non-hydrogen) atoms. The Hall–Kier alpha value is -4.18. The molecular formula is C32H34N4. The number of hydrogen-bond donors (Lipinski definition) is 0. The van der Waals surface area contributed by atoms with Crippen LogP contribution in [-0.4, -0.2) is 40.6 Å². The first-order chi connectivity index (χ1) is 17.3. The van der Waals surface area contributed by atoms with Crippen molar-refractivity contribution in [2.24, 2.45) is 9.98 Å². The van der Waals surface area contributed by atoms with Crippen LogP contribution in [0.1, 0.15) is 22.3 Å². The van der Waals surface area contributed by atoms with Crippen LogP contribution < -0.4 is 9.80 Å². The van der Waals surface area contributed by atoms with Gasteiger partial charge in [0.15, 0.2) is 0 Å². The molecular weight excluding hydrogens is 440 g/mol. The fourth-order valence-electron chi connectivity index (χ4n) is 4.08. The van der Waals surface area contributed by atoms with Gasteiger partial charge in [-0.3, -0.25) is 9.98 Å². The van der Waals surface area contributed by atoms with E-state index in [9.17, 15) is 0 Å². The fraction of sp³-hybridized carbons (Fsp3) is 0.188. The highest BCUT2D eigenvalue weighted by Crippen LogP contribution is 2.31. The van der Waals surface area contributed by atoms with Crippen molar-refractivity contribution in [1.82, 2.24) is 0 Å². The van der Waals surface area contributed by atoms with Crippen molar-refractivity contribution in [1.29, 1.82) is 0 Å². The minimum Gasteiger partial charge on any atom is -0.378 e. The van der Waals surface area contributed by atoms with E-state index in [0.29, 0.717) is 0 Å². The van der Waals surface area contributed by atoms with Gasteiger partial charge in [0.05, 0.1) is 11.4 Å². The van der Waals surface area contributed by atoms with Gasteiger partial charge in [0.1, 0.15) is 0 Å². The molecule has 0 bridgehead atoms. The standard InChI is InChI=1S/C32H34N4/c1-23-19-27(33-21-25-7-13-29(14-8-25)35(3)4)11-17-31(23)32-18-12-28(20-24(32)2)34-22-26-9-15-30(16-10-26)36(5)6/h7-22H,1-6H3. The van der Waals surface area contributed by atoms with Crippen molar-refractivity contribution >= 4 is 35.2 Å². The second-order valence-electron chi connectivity index (χ2n) is 9.49. The van der Waals surface area contributed by atoms with Gasteiger partial charge >= 0.3 is 0 Å². The van der Waals surface area contributed by atoms with Crippen LogP contribution in [0.2, 0.25) is 0 Å². The topological polar surface area (TPSA) is 31.2 Å². The number of aryl methyl sites for hydroxylation is 2. The van der Waals surface area contributed by atoms with Crippen LogP contribution in [0.25, 0.3) is 11.1 Å². The monoisotopic (exact) mass is 474 g/mol. The Labute approximate surface area is 215 Å². The van der Waals surface area contributed by atoms with E-state index in [1.54, 1.807) is 0 Å². The van der Waals surface area contributed by atoms with Crippen molar-refractivity contribution in [3.05, 3.63) is 107 Å². The fourth-order valence-corrected chi connectivity index (χ4v) is 4.08. The minimum absolute atomic E-state index is 0.951. The van der Waals surface area contributed by atoms with Crippen LogP contribution in [0.15, 0.2) is 94.9 Å². The number of hydrogen-bond acceptors (Lipinski definition) is 4. The van der Waals surface area contributed by atoms with E-state index in [1.807, 2.05) is 40.6 Å². The number of anilines is 2. The van der Waals surface area contributed by atoms with Gasteiger partial charge in [-0.05, 0) is 95.8 Å². The molecule has 4 rings (SSSR count). The average Bonchev–Trinajstić information content (AvgIpc) is 2.87. The quantitative estimate of drug-likeness (QED) is 0.258. The summed E-state index contributed by atoms with van der Waals surface area (Å²) in [5.74, 6) is 0. The molecule has 4 aromatic carbocycles. The lowest BCUT2D eigenvalue weighted by molar-refractivity contribution is 1.13. The van der Waals surface area contributed by atoms with Crippen molar-refractivity contribution < 1.29 is 0 Å². The average molecular weight is 475 g/mol. The zero-order chi connectivity index (χ0) is 25.7. The summed E-state index contributed by atoms with van der Waals surface area (Å²) in [4.78, 5) is 13.6. The third-order valence-corrected chi connectivity index (χ3v) is 6.25. The van der Waals surface area contributed by atoms with E-state index in [2.05, 4.69) is 109 Å². The molecule has 182 valence electrons. The lowest BCUT2D eigenvalue weighted by Gasteiger charge is -2.12. The molecule has 4 heteroatoms. The first-order valence-electron chi connectivity index (χ1n) is 12.1. The van der Waals surface area contributed by atoms with Crippen LogP contribution >= 0.6 is 0 Å². The highest BCUT2D eigenvalue weighted by molar-refractivity contribution is 5.84. The summed E-state index contributed by atoms with van der Waals surface area (Å²) in [6.45, 7) is 4.28. The van der Waals surface area contributed by atoms with Crippen LogP contribution in [0.5, 0.6) is 0 Å². The van der Waals surface area contributed by atoms with Gasteiger partial charge in [-0.2, -0.15) is 0 Å². The van der Waals surface area contributed by atoms with Crippen molar-refractivity contribution in [3.63, 3.8) is 0 Å². The normalized spacial score (nSPS) is 11.4. The van der Waals surface area contributed by atoms with Crippen LogP contribution in [0.4, 0.5) is 22.7 Å². The van der Waals surface area contributed by atoms with Gasteiger partial charge in [0.25, 0.3) is 0 Å². The highest BCUT2D eigenvalue weighted by Gasteiger charge is 2.07. The predicted octanol–water partition coefficient (Wildman–Crippen LogP) is 7.60. The second kappa shape index (κ2) is 11.0. The maximum Gasteiger partial charge on any atom is 0.0632 e. The molecule has 0 unspecified atom stereocenters. The molecule has 0 heterocycles. The van der Waals surface area contributed by atoms with Crippen molar-refractivity contribution in [2.45, 2.75) is 13.8 Å². The van der Waals surface area contributed by atoms with Gasteiger partial charge in [-0.1, -0.05) is 36.4 Å². The van der Waals surface area contributed by atoms with Crippen LogP contribution in [0.3, 0.4) is 0 Å². The predicted molar refractivity (Wildman–Crippen MR) is 157 cm³/mol. The highest BCUT2D eigenvalue weighted by atomic mass is 15.1. The lowest BCUT2D eigenvalue weighted by atomic mass is 9.96. The molecule has 0 aliphatic carbocycles. The van der Waals surface area contributed by atoms with E-state index in [1.165, 1.54) is 33.6 Å². The minimum atomic E-state index is 0.951. The number of aliphatic imine (C=N–C) groups is 2. The van der Waals surface area contributed by atoms with Crippen LogP contribution in [-0.2, 0) is 0 Å². The van der Waals surface area contributed by atoms with E-state index in [0.717, 1.165) is 22.5 Å². The smallest absolute Gasteiger partial charge is 0.0632 e. The lowest BCUT2D eigenvalue weighted by Crippen LogP contribution is -2.08. The SMILES string of the molecule is Cc1cc(N=Cc2ccc(N(C)C)cc2)ccc1-c1ccc(N=Cc2ccc(N(C)C)cc2)cc1C. The zero-order valence-corrected chi connectivity index (χ0v) is 22.0. The molecule has 0 spiro atoms. The van der Waals surface area contributed by atoms with Gasteiger partial charge in [-0.25, -0.2) is 0 Å². The van der Waals surface area contributed by atoms with Crippen molar-refractivity contribution in [3.8, 4) is 11.1 Å². The van der Waals surface area contributed by atoms with Gasteiger partial charge in [0.2, 0.25) is 0 Å². The Morgan fingerprint density at radius 3 is 1.17 bits per heavy atom. The van der Waals surface area contributed by atoms with E-state index >= 15 is 0 Å². The summed E-state index contributed by atoms with van der Waals surface area (Å²) in [5.41, 5.74) is 11.3. The third kappa shape index (κ3) is 6.08. The van der Waals surface area contributed by atoms with Crippen molar-refractivity contribution in [2.75, 3.05) is 38.0 Å². The zero-order valence-electron chi connectivity index (χ0n) is 22.0. The first-order valence-corrected chi connectivity index (χ1v) is 12.1. The largest absolute Gasteiger partial charge is 0.378 e. The Balaban J connectivity index is 1.48.